The summed E-state index contributed by atoms with van der Waals surface area (Å²) in [5, 5.41) is 31.2. The van der Waals surface area contributed by atoms with Gasteiger partial charge in [0.2, 0.25) is 0 Å². The molecular formula is C26H30O5. The van der Waals surface area contributed by atoms with E-state index in [1.54, 1.807) is 25.1 Å². The van der Waals surface area contributed by atoms with Gasteiger partial charge in [0.15, 0.2) is 5.78 Å². The van der Waals surface area contributed by atoms with E-state index in [0.29, 0.717) is 17.5 Å². The van der Waals surface area contributed by atoms with Gasteiger partial charge in [-0.2, -0.15) is 0 Å². The van der Waals surface area contributed by atoms with E-state index < -0.39 is 6.10 Å². The van der Waals surface area contributed by atoms with Crippen molar-refractivity contribution in [3.63, 3.8) is 0 Å². The Morgan fingerprint density at radius 1 is 1.10 bits per heavy atom. The molecule has 0 aliphatic carbocycles. The molecule has 1 aliphatic rings. The normalized spacial score (nSPS) is 15.9. The van der Waals surface area contributed by atoms with Crippen molar-refractivity contribution in [2.75, 3.05) is 0 Å². The number of Topliss-reactive ketones (excluding diaryl/α,β-unsaturated/α-hetero) is 1. The van der Waals surface area contributed by atoms with Crippen LogP contribution in [0.4, 0.5) is 0 Å². The molecule has 0 bridgehead atoms. The van der Waals surface area contributed by atoms with Crippen LogP contribution >= 0.6 is 0 Å². The Morgan fingerprint density at radius 3 is 2.52 bits per heavy atom. The van der Waals surface area contributed by atoms with Gasteiger partial charge in [-0.1, -0.05) is 35.4 Å². The summed E-state index contributed by atoms with van der Waals surface area (Å²) in [6.07, 6.45) is 5.75. The van der Waals surface area contributed by atoms with Gasteiger partial charge < -0.3 is 20.1 Å². The maximum absolute atomic E-state index is 12.8. The molecule has 0 fully saturated rings. The van der Waals surface area contributed by atoms with Crippen LogP contribution in [0.2, 0.25) is 0 Å². The maximum Gasteiger partial charge on any atom is 0.174 e. The molecule has 0 spiro atoms. The number of phenols is 3. The molecule has 0 saturated heterocycles. The smallest absolute Gasteiger partial charge is 0.174 e. The highest BCUT2D eigenvalue weighted by atomic mass is 16.5. The lowest BCUT2D eigenvalue weighted by Crippen LogP contribution is -2.21. The fourth-order valence-corrected chi connectivity index (χ4v) is 3.68. The third-order valence-electron chi connectivity index (χ3n) is 5.62. The van der Waals surface area contributed by atoms with Gasteiger partial charge >= 0.3 is 0 Å². The zero-order valence-corrected chi connectivity index (χ0v) is 18.5. The average molecular weight is 423 g/mol. The second kappa shape index (κ2) is 9.29. The highest BCUT2D eigenvalue weighted by Crippen LogP contribution is 2.45. The van der Waals surface area contributed by atoms with E-state index >= 15 is 0 Å². The summed E-state index contributed by atoms with van der Waals surface area (Å²) in [4.78, 5) is 12.8. The van der Waals surface area contributed by atoms with Gasteiger partial charge in [0.1, 0.15) is 34.7 Å². The van der Waals surface area contributed by atoms with Crippen LogP contribution in [-0.2, 0) is 6.42 Å². The van der Waals surface area contributed by atoms with Crippen molar-refractivity contribution in [3.05, 3.63) is 69.8 Å². The van der Waals surface area contributed by atoms with E-state index in [9.17, 15) is 20.1 Å². The number of aromatic hydroxyl groups is 3. The Morgan fingerprint density at radius 2 is 1.84 bits per heavy atom. The van der Waals surface area contributed by atoms with Gasteiger partial charge in [-0.25, -0.2) is 0 Å². The maximum atomic E-state index is 12.8. The van der Waals surface area contributed by atoms with Gasteiger partial charge in [-0.15, -0.1) is 0 Å². The Hall–Kier alpha value is -3.21. The van der Waals surface area contributed by atoms with Crippen LogP contribution in [0.3, 0.4) is 0 Å². The van der Waals surface area contributed by atoms with Crippen LogP contribution in [0.15, 0.2) is 47.6 Å². The van der Waals surface area contributed by atoms with E-state index in [-0.39, 0.29) is 40.8 Å². The van der Waals surface area contributed by atoms with Crippen LogP contribution < -0.4 is 4.74 Å². The molecule has 5 heteroatoms. The van der Waals surface area contributed by atoms with Crippen molar-refractivity contribution in [1.82, 2.24) is 0 Å². The number of benzene rings is 2. The number of allylic oxidation sites excluding steroid dienone is 4. The molecule has 3 N–H and O–H groups in total. The van der Waals surface area contributed by atoms with Gasteiger partial charge in [0.05, 0.1) is 6.42 Å². The first-order valence-corrected chi connectivity index (χ1v) is 10.5. The monoisotopic (exact) mass is 422 g/mol. The van der Waals surface area contributed by atoms with Crippen molar-refractivity contribution >= 4 is 5.78 Å². The summed E-state index contributed by atoms with van der Waals surface area (Å²) in [6.45, 7) is 7.93. The van der Waals surface area contributed by atoms with Crippen molar-refractivity contribution in [1.29, 1.82) is 0 Å². The number of hydrogen-bond donors (Lipinski definition) is 3. The molecule has 1 unspecified atom stereocenters. The second-order valence-corrected chi connectivity index (χ2v) is 8.45. The molecule has 0 amide bonds. The van der Waals surface area contributed by atoms with Crippen molar-refractivity contribution in [2.45, 2.75) is 59.5 Å². The second-order valence-electron chi connectivity index (χ2n) is 8.45. The van der Waals surface area contributed by atoms with E-state index in [1.807, 2.05) is 13.0 Å². The number of phenolic OH excluding ortho intramolecular Hbond substituents is 3. The standard InChI is InChI=1S/C26H30O5/c1-15(2)6-5-7-16(3)8-11-19-21(28)13-24-25(26(19)30)22(29)14-23(31-24)18-10-9-17(4)20(27)12-18/h6,8-10,12-13,23,27-28,30H,5,7,11,14H2,1-4H3/b16-8+. The molecule has 0 saturated carbocycles. The van der Waals surface area contributed by atoms with E-state index in [1.165, 1.54) is 11.6 Å². The summed E-state index contributed by atoms with van der Waals surface area (Å²) < 4.78 is 5.93. The minimum atomic E-state index is -0.589. The fourth-order valence-electron chi connectivity index (χ4n) is 3.68. The number of carbonyl (C=O) groups excluding carboxylic acids is 1. The van der Waals surface area contributed by atoms with E-state index in [2.05, 4.69) is 19.9 Å². The van der Waals surface area contributed by atoms with Gasteiger partial charge in [0, 0.05) is 11.6 Å². The van der Waals surface area contributed by atoms with Crippen LogP contribution in [-0.4, -0.2) is 21.1 Å². The molecule has 0 radical (unpaired) electrons. The topological polar surface area (TPSA) is 87.0 Å². The lowest BCUT2D eigenvalue weighted by Gasteiger charge is -2.27. The molecule has 164 valence electrons. The number of rotatable bonds is 6. The first kappa shape index (κ1) is 22.5. The molecule has 2 aromatic rings. The van der Waals surface area contributed by atoms with Crippen molar-refractivity contribution in [3.8, 4) is 23.0 Å². The van der Waals surface area contributed by atoms with Crippen molar-refractivity contribution < 1.29 is 24.9 Å². The number of fused-ring (bicyclic) bond motifs is 1. The third-order valence-corrected chi connectivity index (χ3v) is 5.62. The van der Waals surface area contributed by atoms with Crippen LogP contribution in [0.25, 0.3) is 0 Å². The zero-order chi connectivity index (χ0) is 22.7. The molecule has 2 aromatic carbocycles. The first-order chi connectivity index (χ1) is 14.7. The Bertz CT molecular complexity index is 1060. The van der Waals surface area contributed by atoms with E-state index in [4.69, 9.17) is 4.74 Å². The summed E-state index contributed by atoms with van der Waals surface area (Å²) >= 11 is 0. The Labute approximate surface area is 183 Å². The first-order valence-electron chi connectivity index (χ1n) is 10.5. The highest BCUT2D eigenvalue weighted by molar-refractivity contribution is 6.03. The predicted molar refractivity (Wildman–Crippen MR) is 121 cm³/mol. The molecule has 1 atom stereocenters. The zero-order valence-electron chi connectivity index (χ0n) is 18.5. The molecular weight excluding hydrogens is 392 g/mol. The average Bonchev–Trinajstić information content (AvgIpc) is 2.68. The van der Waals surface area contributed by atoms with Crippen LogP contribution in [0.5, 0.6) is 23.0 Å². The lowest BCUT2D eigenvalue weighted by molar-refractivity contribution is 0.0844. The third kappa shape index (κ3) is 5.10. The number of aryl methyl sites for hydroxylation is 1. The number of hydrogen-bond acceptors (Lipinski definition) is 5. The van der Waals surface area contributed by atoms with Crippen molar-refractivity contribution in [2.24, 2.45) is 0 Å². The number of ketones is 1. The minimum Gasteiger partial charge on any atom is -0.508 e. The Kier molecular flexibility index (Phi) is 6.74. The summed E-state index contributed by atoms with van der Waals surface area (Å²) in [7, 11) is 0. The molecule has 31 heavy (non-hydrogen) atoms. The van der Waals surface area contributed by atoms with Crippen LogP contribution in [0, 0.1) is 6.92 Å². The SMILES string of the molecule is CC(C)=CCC/C(C)=C/Cc1c(O)cc2c(c1O)C(=O)CC(c1ccc(C)c(O)c1)O2. The van der Waals surface area contributed by atoms with Gasteiger partial charge in [-0.3, -0.25) is 4.79 Å². The quantitative estimate of drug-likeness (QED) is 0.493. The lowest BCUT2D eigenvalue weighted by atomic mass is 9.92. The summed E-state index contributed by atoms with van der Waals surface area (Å²) in [5.41, 5.74) is 4.25. The molecule has 5 nitrogen and oxygen atoms in total. The summed E-state index contributed by atoms with van der Waals surface area (Å²) in [6, 6.07) is 6.54. The molecule has 0 aromatic heterocycles. The minimum absolute atomic E-state index is 0.0465. The number of carbonyl (C=O) groups is 1. The van der Waals surface area contributed by atoms with Gasteiger partial charge in [-0.05, 0) is 64.2 Å². The Balaban J connectivity index is 1.84. The van der Waals surface area contributed by atoms with Crippen LogP contribution in [0.1, 0.15) is 73.2 Å². The molecule has 1 aliphatic heterocycles. The van der Waals surface area contributed by atoms with E-state index in [0.717, 1.165) is 24.0 Å². The largest absolute Gasteiger partial charge is 0.508 e. The number of ether oxygens (including phenoxy) is 1. The fraction of sp³-hybridized carbons (Fsp3) is 0.346. The molecule has 1 heterocycles. The highest BCUT2D eigenvalue weighted by Gasteiger charge is 2.32. The molecule has 3 rings (SSSR count). The van der Waals surface area contributed by atoms with Gasteiger partial charge in [0.25, 0.3) is 0 Å². The summed E-state index contributed by atoms with van der Waals surface area (Å²) in [5.74, 6) is -0.297. The predicted octanol–water partition coefficient (Wildman–Crippen LogP) is 6.05.